The molecule has 0 saturated carbocycles. The van der Waals surface area contributed by atoms with Crippen molar-refractivity contribution in [3.63, 3.8) is 0 Å². The monoisotopic (exact) mass is 278 g/mol. The number of nitrogens with one attached hydrogen (secondary N) is 2. The summed E-state index contributed by atoms with van der Waals surface area (Å²) in [4.78, 5) is 4.49. The summed E-state index contributed by atoms with van der Waals surface area (Å²) in [6.45, 7) is 2.78. The van der Waals surface area contributed by atoms with E-state index in [1.54, 1.807) is 0 Å². The molecule has 0 saturated heterocycles. The first-order valence-electron chi connectivity index (χ1n) is 7.02. The van der Waals surface area contributed by atoms with Crippen LogP contribution in [0.2, 0.25) is 0 Å². The van der Waals surface area contributed by atoms with E-state index in [2.05, 4.69) is 44.8 Å². The maximum atomic E-state index is 4.49. The van der Waals surface area contributed by atoms with Gasteiger partial charge in [-0.25, -0.2) is 0 Å². The SMILES string of the molecule is Cc1[nH]ncc1CN[C@@H](c1ccccc1)c1ccccn1. The van der Waals surface area contributed by atoms with E-state index < -0.39 is 0 Å². The Kier molecular flexibility index (Phi) is 4.07. The van der Waals surface area contributed by atoms with E-state index in [9.17, 15) is 0 Å². The minimum atomic E-state index is 0.0710. The Labute approximate surface area is 124 Å². The highest BCUT2D eigenvalue weighted by molar-refractivity contribution is 5.28. The van der Waals surface area contributed by atoms with E-state index in [0.717, 1.165) is 17.9 Å². The van der Waals surface area contributed by atoms with Crippen LogP contribution in [0.15, 0.2) is 60.9 Å². The molecule has 0 aliphatic carbocycles. The second-order valence-electron chi connectivity index (χ2n) is 5.00. The zero-order valence-corrected chi connectivity index (χ0v) is 12.0. The van der Waals surface area contributed by atoms with Crippen LogP contribution in [0, 0.1) is 6.92 Å². The van der Waals surface area contributed by atoms with E-state index in [-0.39, 0.29) is 6.04 Å². The standard InChI is InChI=1S/C17H18N4/c1-13-15(12-20-21-13)11-19-17(14-7-3-2-4-8-14)16-9-5-6-10-18-16/h2-10,12,17,19H,11H2,1H3,(H,20,21)/t17-/m0/s1. The fourth-order valence-electron chi connectivity index (χ4n) is 2.35. The Morgan fingerprint density at radius 2 is 1.90 bits per heavy atom. The van der Waals surface area contributed by atoms with E-state index in [1.807, 2.05) is 43.6 Å². The summed E-state index contributed by atoms with van der Waals surface area (Å²) in [7, 11) is 0. The van der Waals surface area contributed by atoms with Crippen molar-refractivity contribution in [2.45, 2.75) is 19.5 Å². The van der Waals surface area contributed by atoms with Gasteiger partial charge in [0, 0.05) is 24.0 Å². The van der Waals surface area contributed by atoms with Gasteiger partial charge in [-0.1, -0.05) is 36.4 Å². The molecule has 3 rings (SSSR count). The fraction of sp³-hybridized carbons (Fsp3) is 0.176. The first-order chi connectivity index (χ1) is 10.3. The number of benzene rings is 1. The molecule has 21 heavy (non-hydrogen) atoms. The quantitative estimate of drug-likeness (QED) is 0.754. The number of aromatic amines is 1. The molecule has 2 aromatic heterocycles. The number of H-pyrrole nitrogens is 1. The Morgan fingerprint density at radius 1 is 1.10 bits per heavy atom. The van der Waals surface area contributed by atoms with Gasteiger partial charge in [-0.2, -0.15) is 5.10 Å². The average Bonchev–Trinajstić information content (AvgIpc) is 2.95. The van der Waals surface area contributed by atoms with Crippen LogP contribution < -0.4 is 5.32 Å². The van der Waals surface area contributed by atoms with Crippen molar-refractivity contribution < 1.29 is 0 Å². The molecule has 1 aromatic carbocycles. The average molecular weight is 278 g/mol. The Balaban J connectivity index is 1.85. The van der Waals surface area contributed by atoms with Gasteiger partial charge in [0.2, 0.25) is 0 Å². The van der Waals surface area contributed by atoms with Crippen LogP contribution >= 0.6 is 0 Å². The van der Waals surface area contributed by atoms with E-state index in [4.69, 9.17) is 0 Å². The molecule has 106 valence electrons. The number of hydrogen-bond acceptors (Lipinski definition) is 3. The number of aryl methyl sites for hydroxylation is 1. The zero-order valence-electron chi connectivity index (χ0n) is 12.0. The molecule has 2 heterocycles. The van der Waals surface area contributed by atoms with E-state index in [0.29, 0.717) is 0 Å². The van der Waals surface area contributed by atoms with E-state index >= 15 is 0 Å². The molecule has 4 heteroatoms. The zero-order chi connectivity index (χ0) is 14.5. The van der Waals surface area contributed by atoms with Crippen molar-refractivity contribution in [3.05, 3.63) is 83.4 Å². The topological polar surface area (TPSA) is 53.6 Å². The third kappa shape index (κ3) is 3.17. The van der Waals surface area contributed by atoms with Crippen LogP contribution in [0.1, 0.15) is 28.6 Å². The molecule has 0 radical (unpaired) electrons. The molecular formula is C17H18N4. The van der Waals surface area contributed by atoms with Gasteiger partial charge in [-0.05, 0) is 24.6 Å². The minimum Gasteiger partial charge on any atom is -0.301 e. The number of rotatable bonds is 5. The molecular weight excluding hydrogens is 260 g/mol. The van der Waals surface area contributed by atoms with Gasteiger partial charge < -0.3 is 5.32 Å². The third-order valence-electron chi connectivity index (χ3n) is 3.55. The van der Waals surface area contributed by atoms with Crippen molar-refractivity contribution in [2.24, 2.45) is 0 Å². The predicted molar refractivity (Wildman–Crippen MR) is 82.7 cm³/mol. The minimum absolute atomic E-state index is 0.0710. The van der Waals surface area contributed by atoms with Crippen LogP contribution in [-0.4, -0.2) is 15.2 Å². The van der Waals surface area contributed by atoms with Crippen molar-refractivity contribution in [1.29, 1.82) is 0 Å². The Morgan fingerprint density at radius 3 is 2.57 bits per heavy atom. The molecule has 0 amide bonds. The van der Waals surface area contributed by atoms with Crippen LogP contribution in [0.3, 0.4) is 0 Å². The molecule has 0 unspecified atom stereocenters. The molecule has 4 nitrogen and oxygen atoms in total. The Bertz CT molecular complexity index is 637. The van der Waals surface area contributed by atoms with E-state index in [1.165, 1.54) is 11.1 Å². The van der Waals surface area contributed by atoms with Gasteiger partial charge in [-0.3, -0.25) is 10.1 Å². The third-order valence-corrected chi connectivity index (χ3v) is 3.55. The highest BCUT2D eigenvalue weighted by Gasteiger charge is 2.15. The van der Waals surface area contributed by atoms with Gasteiger partial charge in [0.1, 0.15) is 0 Å². The van der Waals surface area contributed by atoms with Gasteiger partial charge >= 0.3 is 0 Å². The summed E-state index contributed by atoms with van der Waals surface area (Å²) in [5, 5.41) is 10.6. The highest BCUT2D eigenvalue weighted by atomic mass is 15.1. The molecule has 1 atom stereocenters. The summed E-state index contributed by atoms with van der Waals surface area (Å²) in [5.41, 5.74) is 4.49. The summed E-state index contributed by atoms with van der Waals surface area (Å²) < 4.78 is 0. The van der Waals surface area contributed by atoms with Crippen molar-refractivity contribution in [3.8, 4) is 0 Å². The van der Waals surface area contributed by atoms with Crippen LogP contribution in [0.25, 0.3) is 0 Å². The molecule has 0 aliphatic rings. The largest absolute Gasteiger partial charge is 0.301 e. The second kappa shape index (κ2) is 6.33. The van der Waals surface area contributed by atoms with Gasteiger partial charge in [0.05, 0.1) is 17.9 Å². The Hall–Kier alpha value is -2.46. The number of pyridine rings is 1. The van der Waals surface area contributed by atoms with Crippen molar-refractivity contribution in [1.82, 2.24) is 20.5 Å². The molecule has 3 aromatic rings. The molecule has 0 bridgehead atoms. The maximum absolute atomic E-state index is 4.49. The first kappa shape index (κ1) is 13.5. The summed E-state index contributed by atoms with van der Waals surface area (Å²) in [5.74, 6) is 0. The molecule has 0 spiro atoms. The summed E-state index contributed by atoms with van der Waals surface area (Å²) >= 11 is 0. The van der Waals surface area contributed by atoms with Crippen LogP contribution in [-0.2, 0) is 6.54 Å². The lowest BCUT2D eigenvalue weighted by atomic mass is 10.0. The maximum Gasteiger partial charge on any atom is 0.0754 e. The number of aromatic nitrogens is 3. The van der Waals surface area contributed by atoms with Gasteiger partial charge in [0.25, 0.3) is 0 Å². The number of nitrogens with zero attached hydrogens (tertiary/aromatic N) is 2. The molecule has 0 fully saturated rings. The van der Waals surface area contributed by atoms with Gasteiger partial charge in [0.15, 0.2) is 0 Å². The first-order valence-corrected chi connectivity index (χ1v) is 7.02. The lowest BCUT2D eigenvalue weighted by Gasteiger charge is -2.18. The lowest BCUT2D eigenvalue weighted by Crippen LogP contribution is -2.23. The molecule has 2 N–H and O–H groups in total. The second-order valence-corrected chi connectivity index (χ2v) is 5.00. The van der Waals surface area contributed by atoms with Crippen LogP contribution in [0.4, 0.5) is 0 Å². The van der Waals surface area contributed by atoms with Gasteiger partial charge in [-0.15, -0.1) is 0 Å². The fourth-order valence-corrected chi connectivity index (χ4v) is 2.35. The lowest BCUT2D eigenvalue weighted by molar-refractivity contribution is 0.590. The van der Waals surface area contributed by atoms with Crippen molar-refractivity contribution >= 4 is 0 Å². The predicted octanol–water partition coefficient (Wildman–Crippen LogP) is 2.99. The summed E-state index contributed by atoms with van der Waals surface area (Å²) in [6, 6.07) is 16.4. The normalized spacial score (nSPS) is 12.2. The van der Waals surface area contributed by atoms with Crippen LogP contribution in [0.5, 0.6) is 0 Å². The smallest absolute Gasteiger partial charge is 0.0754 e. The highest BCUT2D eigenvalue weighted by Crippen LogP contribution is 2.20. The molecule has 0 aliphatic heterocycles. The van der Waals surface area contributed by atoms with Crippen molar-refractivity contribution in [2.75, 3.05) is 0 Å². The summed E-state index contributed by atoms with van der Waals surface area (Å²) in [6.07, 6.45) is 3.69. The number of hydrogen-bond donors (Lipinski definition) is 2.